The van der Waals surface area contributed by atoms with Crippen molar-refractivity contribution in [1.29, 1.82) is 0 Å². The molecule has 2 aromatic heterocycles. The van der Waals surface area contributed by atoms with Crippen LogP contribution >= 0.6 is 15.9 Å². The third-order valence-corrected chi connectivity index (χ3v) is 5.62. The van der Waals surface area contributed by atoms with Gasteiger partial charge in [0.05, 0.1) is 6.20 Å². The molecule has 3 aromatic rings. The summed E-state index contributed by atoms with van der Waals surface area (Å²) in [4.78, 5) is 17.2. The first-order chi connectivity index (χ1) is 12.1. The molecule has 0 aliphatic heterocycles. The standard InChI is InChI=1S/C19H19BrN4O/c1-12-9-14(7-8-16(12)20)23-19(25)15-11-22-24-17-6-4-2-3-5-13(17)10-21-18(15)24/h7-11H,2-6H2,1H3,(H,23,25). The fourth-order valence-electron chi connectivity index (χ4n) is 3.35. The van der Waals surface area contributed by atoms with Crippen molar-refractivity contribution in [2.45, 2.75) is 39.0 Å². The van der Waals surface area contributed by atoms with E-state index in [1.165, 1.54) is 24.1 Å². The van der Waals surface area contributed by atoms with E-state index < -0.39 is 0 Å². The van der Waals surface area contributed by atoms with Gasteiger partial charge in [0.2, 0.25) is 0 Å². The van der Waals surface area contributed by atoms with Crippen molar-refractivity contribution in [3.05, 3.63) is 57.4 Å². The van der Waals surface area contributed by atoms with Crippen molar-refractivity contribution in [3.8, 4) is 0 Å². The number of carbonyl (C=O) groups excluding carboxylic acids is 1. The number of nitrogens with one attached hydrogen (secondary N) is 1. The molecule has 25 heavy (non-hydrogen) atoms. The van der Waals surface area contributed by atoms with Crippen molar-refractivity contribution in [2.75, 3.05) is 5.32 Å². The second-order valence-corrected chi connectivity index (χ2v) is 7.36. The Hall–Kier alpha value is -2.21. The Labute approximate surface area is 154 Å². The van der Waals surface area contributed by atoms with E-state index in [0.717, 1.165) is 35.0 Å². The number of amides is 1. The van der Waals surface area contributed by atoms with Crippen molar-refractivity contribution < 1.29 is 4.79 Å². The van der Waals surface area contributed by atoms with Gasteiger partial charge in [-0.05, 0) is 61.9 Å². The molecule has 0 atom stereocenters. The van der Waals surface area contributed by atoms with Crippen molar-refractivity contribution in [3.63, 3.8) is 0 Å². The van der Waals surface area contributed by atoms with Crippen LogP contribution in [0.25, 0.3) is 5.65 Å². The molecule has 4 rings (SSSR count). The van der Waals surface area contributed by atoms with Crippen LogP contribution < -0.4 is 5.32 Å². The summed E-state index contributed by atoms with van der Waals surface area (Å²) in [5.41, 5.74) is 5.42. The summed E-state index contributed by atoms with van der Waals surface area (Å²) in [7, 11) is 0. The summed E-state index contributed by atoms with van der Waals surface area (Å²) in [6.45, 7) is 1.99. The summed E-state index contributed by atoms with van der Waals surface area (Å²) in [5.74, 6) is -0.183. The third-order valence-electron chi connectivity index (χ3n) is 4.73. The number of benzene rings is 1. The van der Waals surface area contributed by atoms with Crippen molar-refractivity contribution in [2.24, 2.45) is 0 Å². The van der Waals surface area contributed by atoms with Gasteiger partial charge in [-0.2, -0.15) is 5.10 Å². The molecule has 1 aliphatic carbocycles. The lowest BCUT2D eigenvalue weighted by Crippen LogP contribution is -2.13. The van der Waals surface area contributed by atoms with E-state index in [2.05, 4.69) is 31.3 Å². The van der Waals surface area contributed by atoms with E-state index in [1.54, 1.807) is 6.20 Å². The average Bonchev–Trinajstić information content (AvgIpc) is 2.89. The molecule has 0 radical (unpaired) electrons. The van der Waals surface area contributed by atoms with Crippen molar-refractivity contribution >= 4 is 33.2 Å². The third kappa shape index (κ3) is 3.06. The van der Waals surface area contributed by atoms with E-state index in [1.807, 2.05) is 35.8 Å². The van der Waals surface area contributed by atoms with Gasteiger partial charge in [0.15, 0.2) is 5.65 Å². The van der Waals surface area contributed by atoms with Gasteiger partial charge in [-0.25, -0.2) is 9.50 Å². The lowest BCUT2D eigenvalue weighted by molar-refractivity contribution is 0.102. The number of hydrogen-bond donors (Lipinski definition) is 1. The molecule has 0 bridgehead atoms. The van der Waals surface area contributed by atoms with Crippen LogP contribution in [0.3, 0.4) is 0 Å². The highest BCUT2D eigenvalue weighted by atomic mass is 79.9. The van der Waals surface area contributed by atoms with E-state index in [0.29, 0.717) is 11.2 Å². The first kappa shape index (κ1) is 16.3. The fourth-order valence-corrected chi connectivity index (χ4v) is 3.60. The van der Waals surface area contributed by atoms with Crippen LogP contribution in [0.2, 0.25) is 0 Å². The van der Waals surface area contributed by atoms with E-state index in [-0.39, 0.29) is 5.91 Å². The smallest absolute Gasteiger partial charge is 0.261 e. The van der Waals surface area contributed by atoms with Gasteiger partial charge < -0.3 is 5.32 Å². The highest BCUT2D eigenvalue weighted by Gasteiger charge is 2.19. The Balaban J connectivity index is 1.68. The summed E-state index contributed by atoms with van der Waals surface area (Å²) in [6.07, 6.45) is 9.14. The number of aryl methyl sites for hydroxylation is 3. The van der Waals surface area contributed by atoms with Crippen LogP contribution in [0.1, 0.15) is 46.4 Å². The number of aromatic nitrogens is 3. The molecule has 2 heterocycles. The zero-order valence-corrected chi connectivity index (χ0v) is 15.6. The normalized spacial score (nSPS) is 14.2. The van der Waals surface area contributed by atoms with Crippen LogP contribution in [-0.4, -0.2) is 20.5 Å². The largest absolute Gasteiger partial charge is 0.322 e. The molecule has 1 aliphatic rings. The molecule has 1 N–H and O–H groups in total. The van der Waals surface area contributed by atoms with Gasteiger partial charge in [0.25, 0.3) is 5.91 Å². The molecule has 0 spiro atoms. The van der Waals surface area contributed by atoms with Crippen LogP contribution in [0, 0.1) is 6.92 Å². The Bertz CT molecular complexity index is 963. The number of nitrogens with zero attached hydrogens (tertiary/aromatic N) is 3. The van der Waals surface area contributed by atoms with Gasteiger partial charge >= 0.3 is 0 Å². The lowest BCUT2D eigenvalue weighted by Gasteiger charge is -2.08. The molecule has 0 saturated heterocycles. The number of halogens is 1. The number of fused-ring (bicyclic) bond motifs is 3. The Kier molecular flexibility index (Phi) is 4.29. The minimum atomic E-state index is -0.183. The Morgan fingerprint density at radius 1 is 1.20 bits per heavy atom. The maximum Gasteiger partial charge on any atom is 0.261 e. The predicted molar refractivity (Wildman–Crippen MR) is 101 cm³/mol. The van der Waals surface area contributed by atoms with E-state index in [9.17, 15) is 4.79 Å². The average molecular weight is 399 g/mol. The number of hydrogen-bond acceptors (Lipinski definition) is 3. The zero-order chi connectivity index (χ0) is 17.4. The molecule has 0 saturated carbocycles. The predicted octanol–water partition coefficient (Wildman–Crippen LogP) is 4.32. The first-order valence-electron chi connectivity index (χ1n) is 8.55. The molecular weight excluding hydrogens is 380 g/mol. The summed E-state index contributed by atoms with van der Waals surface area (Å²) in [5, 5.41) is 7.40. The SMILES string of the molecule is Cc1cc(NC(=O)c2cnn3c4c(cnc23)CCCCC4)ccc1Br. The van der Waals surface area contributed by atoms with Crippen LogP contribution in [0.4, 0.5) is 5.69 Å². The zero-order valence-electron chi connectivity index (χ0n) is 14.1. The topological polar surface area (TPSA) is 59.3 Å². The maximum atomic E-state index is 12.7. The van der Waals surface area contributed by atoms with Gasteiger partial charge in [0, 0.05) is 22.1 Å². The Morgan fingerprint density at radius 3 is 2.88 bits per heavy atom. The Morgan fingerprint density at radius 2 is 2.04 bits per heavy atom. The van der Waals surface area contributed by atoms with E-state index in [4.69, 9.17) is 0 Å². The van der Waals surface area contributed by atoms with Crippen LogP contribution in [-0.2, 0) is 12.8 Å². The molecule has 6 heteroatoms. The summed E-state index contributed by atoms with van der Waals surface area (Å²) < 4.78 is 2.87. The summed E-state index contributed by atoms with van der Waals surface area (Å²) >= 11 is 3.47. The maximum absolute atomic E-state index is 12.7. The molecule has 1 amide bonds. The van der Waals surface area contributed by atoms with Gasteiger partial charge in [-0.15, -0.1) is 0 Å². The number of rotatable bonds is 2. The minimum absolute atomic E-state index is 0.183. The number of carbonyl (C=O) groups is 1. The highest BCUT2D eigenvalue weighted by molar-refractivity contribution is 9.10. The van der Waals surface area contributed by atoms with Crippen LogP contribution in [0.5, 0.6) is 0 Å². The second-order valence-electron chi connectivity index (χ2n) is 6.50. The molecular formula is C19H19BrN4O. The molecule has 5 nitrogen and oxygen atoms in total. The monoisotopic (exact) mass is 398 g/mol. The first-order valence-corrected chi connectivity index (χ1v) is 9.35. The number of anilines is 1. The molecule has 0 unspecified atom stereocenters. The highest BCUT2D eigenvalue weighted by Crippen LogP contribution is 2.23. The molecule has 0 fully saturated rings. The second kappa shape index (κ2) is 6.59. The van der Waals surface area contributed by atoms with E-state index >= 15 is 0 Å². The summed E-state index contributed by atoms with van der Waals surface area (Å²) in [6, 6.07) is 5.74. The molecule has 128 valence electrons. The minimum Gasteiger partial charge on any atom is -0.322 e. The molecule has 1 aromatic carbocycles. The van der Waals surface area contributed by atoms with Gasteiger partial charge in [-0.3, -0.25) is 4.79 Å². The van der Waals surface area contributed by atoms with Gasteiger partial charge in [-0.1, -0.05) is 22.4 Å². The lowest BCUT2D eigenvalue weighted by atomic mass is 10.1. The fraction of sp³-hybridized carbons (Fsp3) is 0.316. The van der Waals surface area contributed by atoms with Crippen LogP contribution in [0.15, 0.2) is 35.1 Å². The van der Waals surface area contributed by atoms with Gasteiger partial charge in [0.1, 0.15) is 5.56 Å². The quantitative estimate of drug-likeness (QED) is 0.653. The van der Waals surface area contributed by atoms with Crippen molar-refractivity contribution in [1.82, 2.24) is 14.6 Å².